The number of methoxy groups -OCH3 is 1. The van der Waals surface area contributed by atoms with E-state index in [1.165, 1.54) is 42.6 Å². The zero-order chi connectivity index (χ0) is 31.4. The number of urea groups is 1. The van der Waals surface area contributed by atoms with Crippen LogP contribution in [0, 0.1) is 0 Å². The Kier molecular flexibility index (Phi) is 9.01. The third kappa shape index (κ3) is 6.92. The van der Waals surface area contributed by atoms with Crippen LogP contribution in [0.2, 0.25) is 0 Å². The SMILES string of the molecule is CCN1CCN(Cc2ccc(C(=O)Nc3cc(NC(=O)N(C)c4ncnc5[nH]ccc45)cc(OC)c3)cc2C(F)(F)F)CC1. The molecule has 3 heterocycles. The summed E-state index contributed by atoms with van der Waals surface area (Å²) in [6, 6.07) is 9.39. The van der Waals surface area contributed by atoms with Crippen LogP contribution in [0.15, 0.2) is 55.0 Å². The smallest absolute Gasteiger partial charge is 0.416 e. The number of aromatic amines is 1. The Morgan fingerprint density at radius 1 is 1.00 bits per heavy atom. The Morgan fingerprint density at radius 2 is 1.70 bits per heavy atom. The standard InChI is InChI=1S/C30H33F3N8O3/c1-4-40-9-11-41(12-10-40)17-20-6-5-19(13-25(20)30(31,32)33)28(42)37-21-14-22(16-23(15-21)44-3)38-29(43)39(2)27-24-7-8-34-26(24)35-18-36-27/h5-8,13-16,18H,4,9-12,17H2,1-3H3,(H,37,42)(H,38,43)(H,34,35,36). The summed E-state index contributed by atoms with van der Waals surface area (Å²) in [7, 11) is 2.96. The summed E-state index contributed by atoms with van der Waals surface area (Å²) in [6.45, 7) is 6.06. The van der Waals surface area contributed by atoms with Crippen molar-refractivity contribution in [3.8, 4) is 5.75 Å². The van der Waals surface area contributed by atoms with Gasteiger partial charge in [-0.15, -0.1) is 0 Å². The summed E-state index contributed by atoms with van der Waals surface area (Å²) < 4.78 is 47.6. The maximum atomic E-state index is 14.1. The van der Waals surface area contributed by atoms with Gasteiger partial charge >= 0.3 is 12.2 Å². The van der Waals surface area contributed by atoms with E-state index in [0.29, 0.717) is 35.7 Å². The summed E-state index contributed by atoms with van der Waals surface area (Å²) in [4.78, 5) is 43.0. The van der Waals surface area contributed by atoms with Gasteiger partial charge in [-0.3, -0.25) is 14.6 Å². The Bertz CT molecular complexity index is 1650. The van der Waals surface area contributed by atoms with Gasteiger partial charge in [0.1, 0.15) is 23.5 Å². The van der Waals surface area contributed by atoms with Crippen molar-refractivity contribution in [3.05, 3.63) is 71.7 Å². The number of carbonyl (C=O) groups is 2. The molecule has 1 aliphatic rings. The van der Waals surface area contributed by atoms with Crippen molar-refractivity contribution >= 4 is 40.2 Å². The number of likely N-dealkylation sites (N-methyl/N-ethyl adjacent to an activating group) is 1. The van der Waals surface area contributed by atoms with E-state index in [9.17, 15) is 22.8 Å². The van der Waals surface area contributed by atoms with Crippen LogP contribution in [0.3, 0.4) is 0 Å². The molecule has 0 radical (unpaired) electrons. The second kappa shape index (κ2) is 12.9. The first kappa shape index (κ1) is 30.8. The summed E-state index contributed by atoms with van der Waals surface area (Å²) in [5, 5.41) is 6.01. The normalized spacial score (nSPS) is 14.4. The summed E-state index contributed by atoms with van der Waals surface area (Å²) in [5.74, 6) is -0.0558. The fraction of sp³-hybridized carbons (Fsp3) is 0.333. The third-order valence-electron chi connectivity index (χ3n) is 7.59. The number of benzene rings is 2. The molecule has 0 aliphatic carbocycles. The van der Waals surface area contributed by atoms with Gasteiger partial charge in [-0.1, -0.05) is 13.0 Å². The first-order valence-electron chi connectivity index (χ1n) is 14.0. The largest absolute Gasteiger partial charge is 0.497 e. The summed E-state index contributed by atoms with van der Waals surface area (Å²) in [6.07, 6.45) is -1.61. The van der Waals surface area contributed by atoms with Crippen molar-refractivity contribution < 1.29 is 27.5 Å². The molecule has 1 fully saturated rings. The Labute approximate surface area is 252 Å². The number of piperazine rings is 1. The van der Waals surface area contributed by atoms with Crippen molar-refractivity contribution in [2.45, 2.75) is 19.6 Å². The molecule has 0 bridgehead atoms. The minimum atomic E-state index is -4.63. The van der Waals surface area contributed by atoms with E-state index in [1.54, 1.807) is 25.4 Å². The summed E-state index contributed by atoms with van der Waals surface area (Å²) in [5.41, 5.74) is 0.196. The van der Waals surface area contributed by atoms with Gasteiger partial charge in [-0.05, 0) is 36.4 Å². The molecular formula is C30H33F3N8O3. The fourth-order valence-electron chi connectivity index (χ4n) is 5.12. The van der Waals surface area contributed by atoms with Gasteiger partial charge in [-0.25, -0.2) is 14.8 Å². The molecule has 232 valence electrons. The Balaban J connectivity index is 1.32. The van der Waals surface area contributed by atoms with E-state index in [1.807, 2.05) is 4.90 Å². The minimum Gasteiger partial charge on any atom is -0.497 e. The van der Waals surface area contributed by atoms with E-state index >= 15 is 0 Å². The molecule has 0 saturated carbocycles. The van der Waals surface area contributed by atoms with Gasteiger partial charge in [0, 0.05) is 75.0 Å². The monoisotopic (exact) mass is 610 g/mol. The van der Waals surface area contributed by atoms with Crippen LogP contribution in [-0.2, 0) is 12.7 Å². The van der Waals surface area contributed by atoms with Crippen LogP contribution in [0.5, 0.6) is 5.75 Å². The molecule has 44 heavy (non-hydrogen) atoms. The average Bonchev–Trinajstić information content (AvgIpc) is 3.50. The minimum absolute atomic E-state index is 0.120. The number of nitrogens with one attached hydrogen (secondary N) is 3. The van der Waals surface area contributed by atoms with Crippen molar-refractivity contribution in [2.75, 3.05) is 62.4 Å². The maximum Gasteiger partial charge on any atom is 0.416 e. The van der Waals surface area contributed by atoms with E-state index in [4.69, 9.17) is 4.74 Å². The first-order valence-corrected chi connectivity index (χ1v) is 14.0. The number of nitrogens with zero attached hydrogens (tertiary/aromatic N) is 5. The average molecular weight is 611 g/mol. The lowest BCUT2D eigenvalue weighted by Gasteiger charge is -2.34. The molecule has 0 atom stereocenters. The molecular weight excluding hydrogens is 577 g/mol. The number of alkyl halides is 3. The molecule has 14 heteroatoms. The van der Waals surface area contributed by atoms with Crippen LogP contribution in [0.4, 0.5) is 35.2 Å². The number of halogens is 3. The molecule has 5 rings (SSSR count). The number of hydrogen-bond acceptors (Lipinski definition) is 7. The van der Waals surface area contributed by atoms with Gasteiger partial charge in [0.05, 0.1) is 18.1 Å². The third-order valence-corrected chi connectivity index (χ3v) is 7.59. The van der Waals surface area contributed by atoms with Crippen LogP contribution in [0.25, 0.3) is 11.0 Å². The molecule has 2 aromatic heterocycles. The number of amides is 3. The molecule has 11 nitrogen and oxygen atoms in total. The molecule has 2 aromatic carbocycles. The maximum absolute atomic E-state index is 14.1. The lowest BCUT2D eigenvalue weighted by molar-refractivity contribution is -0.138. The number of ether oxygens (including phenoxy) is 1. The zero-order valence-corrected chi connectivity index (χ0v) is 24.5. The number of hydrogen-bond donors (Lipinski definition) is 3. The second-order valence-electron chi connectivity index (χ2n) is 10.4. The fourth-order valence-corrected chi connectivity index (χ4v) is 5.12. The number of fused-ring (bicyclic) bond motifs is 1. The highest BCUT2D eigenvalue weighted by Gasteiger charge is 2.34. The van der Waals surface area contributed by atoms with Crippen molar-refractivity contribution in [1.29, 1.82) is 0 Å². The predicted molar refractivity (Wildman–Crippen MR) is 161 cm³/mol. The van der Waals surface area contributed by atoms with E-state index in [2.05, 4.69) is 37.4 Å². The summed E-state index contributed by atoms with van der Waals surface area (Å²) >= 11 is 0. The van der Waals surface area contributed by atoms with Gasteiger partial charge in [0.15, 0.2) is 0 Å². The van der Waals surface area contributed by atoms with E-state index in [0.717, 1.165) is 25.7 Å². The molecule has 0 spiro atoms. The van der Waals surface area contributed by atoms with Crippen molar-refractivity contribution in [1.82, 2.24) is 24.8 Å². The second-order valence-corrected chi connectivity index (χ2v) is 10.4. The first-order chi connectivity index (χ1) is 21.0. The number of aromatic nitrogens is 3. The Hall–Kier alpha value is -4.69. The lowest BCUT2D eigenvalue weighted by Crippen LogP contribution is -2.45. The van der Waals surface area contributed by atoms with Crippen LogP contribution in [0.1, 0.15) is 28.4 Å². The molecule has 3 amide bonds. The van der Waals surface area contributed by atoms with Gasteiger partial charge in [0.2, 0.25) is 0 Å². The van der Waals surface area contributed by atoms with E-state index in [-0.39, 0.29) is 29.0 Å². The Morgan fingerprint density at radius 3 is 2.39 bits per heavy atom. The molecule has 1 aliphatic heterocycles. The number of anilines is 3. The highest BCUT2D eigenvalue weighted by atomic mass is 19.4. The molecule has 4 aromatic rings. The van der Waals surface area contributed by atoms with Gasteiger partial charge < -0.3 is 25.3 Å². The number of carbonyl (C=O) groups excluding carboxylic acids is 2. The predicted octanol–water partition coefficient (Wildman–Crippen LogP) is 5.04. The zero-order valence-electron chi connectivity index (χ0n) is 24.5. The highest BCUT2D eigenvalue weighted by Crippen LogP contribution is 2.34. The van der Waals surface area contributed by atoms with Crippen LogP contribution < -0.4 is 20.3 Å². The lowest BCUT2D eigenvalue weighted by atomic mass is 10.0. The number of H-pyrrole nitrogens is 1. The number of rotatable bonds is 8. The molecule has 1 saturated heterocycles. The topological polar surface area (TPSA) is 119 Å². The van der Waals surface area contributed by atoms with Crippen molar-refractivity contribution in [3.63, 3.8) is 0 Å². The highest BCUT2D eigenvalue weighted by molar-refractivity contribution is 6.07. The van der Waals surface area contributed by atoms with Crippen LogP contribution in [-0.4, -0.2) is 83.6 Å². The molecule has 3 N–H and O–H groups in total. The van der Waals surface area contributed by atoms with Crippen LogP contribution >= 0.6 is 0 Å². The van der Waals surface area contributed by atoms with Gasteiger partial charge in [-0.2, -0.15) is 13.2 Å². The van der Waals surface area contributed by atoms with E-state index < -0.39 is 23.7 Å². The van der Waals surface area contributed by atoms with Crippen molar-refractivity contribution in [2.24, 2.45) is 0 Å². The van der Waals surface area contributed by atoms with Gasteiger partial charge in [0.25, 0.3) is 5.91 Å². The quantitative estimate of drug-likeness (QED) is 0.256. The molecule has 0 unspecified atom stereocenters.